The molecule has 0 aliphatic rings. The number of carboxylic acid groups (broad SMARTS) is 1. The van der Waals surface area contributed by atoms with E-state index in [0.717, 1.165) is 0 Å². The summed E-state index contributed by atoms with van der Waals surface area (Å²) in [5, 5.41) is 15.6. The Labute approximate surface area is 99.6 Å². The Hall–Kier alpha value is -1.85. The molecule has 0 bridgehead atoms. The summed E-state index contributed by atoms with van der Waals surface area (Å²) in [6.07, 6.45) is 1.36. The average molecular weight is 239 g/mol. The van der Waals surface area contributed by atoms with Gasteiger partial charge in [0.05, 0.1) is 5.69 Å². The Bertz CT molecular complexity index is 443. The lowest BCUT2D eigenvalue weighted by Crippen LogP contribution is -2.42. The smallest absolute Gasteiger partial charge is 0.339 e. The first kappa shape index (κ1) is 13.2. The molecule has 0 unspecified atom stereocenters. The van der Waals surface area contributed by atoms with Crippen LogP contribution >= 0.6 is 0 Å². The van der Waals surface area contributed by atoms with Gasteiger partial charge in [-0.15, -0.1) is 0 Å². The molecule has 0 saturated heterocycles. The van der Waals surface area contributed by atoms with Crippen LogP contribution < -0.4 is 5.32 Å². The summed E-state index contributed by atoms with van der Waals surface area (Å²) in [4.78, 5) is 22.4. The summed E-state index contributed by atoms with van der Waals surface area (Å²) in [5.41, 5.74) is 0.212. The molecule has 1 heterocycles. The maximum Gasteiger partial charge on any atom is 0.339 e. The Balaban J connectivity index is 2.73. The molecule has 6 heteroatoms. The third-order valence-corrected chi connectivity index (χ3v) is 2.00. The highest BCUT2D eigenvalue weighted by Crippen LogP contribution is 2.05. The summed E-state index contributed by atoms with van der Waals surface area (Å²) >= 11 is 0. The van der Waals surface area contributed by atoms with Crippen LogP contribution in [-0.4, -0.2) is 32.3 Å². The molecule has 17 heavy (non-hydrogen) atoms. The van der Waals surface area contributed by atoms with Gasteiger partial charge in [0, 0.05) is 11.7 Å². The molecule has 0 aromatic carbocycles. The number of aryl methyl sites for hydroxylation is 1. The van der Waals surface area contributed by atoms with Crippen molar-refractivity contribution in [1.29, 1.82) is 0 Å². The van der Waals surface area contributed by atoms with Crippen molar-refractivity contribution in [2.45, 2.75) is 39.8 Å². The van der Waals surface area contributed by atoms with Gasteiger partial charge in [-0.2, -0.15) is 5.10 Å². The number of aromatic nitrogens is 2. The van der Waals surface area contributed by atoms with Crippen LogP contribution in [0.5, 0.6) is 0 Å². The van der Waals surface area contributed by atoms with Crippen molar-refractivity contribution in [3.8, 4) is 0 Å². The Morgan fingerprint density at radius 3 is 2.47 bits per heavy atom. The molecular weight excluding hydrogens is 222 g/mol. The molecular formula is C11H17N3O3. The summed E-state index contributed by atoms with van der Waals surface area (Å²) in [7, 11) is 0. The van der Waals surface area contributed by atoms with Gasteiger partial charge in [-0.05, 0) is 27.7 Å². The fraction of sp³-hybridized carbons (Fsp3) is 0.545. The highest BCUT2D eigenvalue weighted by atomic mass is 16.4. The van der Waals surface area contributed by atoms with E-state index < -0.39 is 5.97 Å². The second kappa shape index (κ2) is 4.57. The van der Waals surface area contributed by atoms with Crippen molar-refractivity contribution >= 4 is 11.9 Å². The van der Waals surface area contributed by atoms with Gasteiger partial charge in [0.25, 0.3) is 0 Å². The van der Waals surface area contributed by atoms with Gasteiger partial charge in [0.15, 0.2) is 0 Å². The predicted molar refractivity (Wildman–Crippen MR) is 61.8 cm³/mol. The summed E-state index contributed by atoms with van der Waals surface area (Å²) in [5.74, 6) is -1.23. The van der Waals surface area contributed by atoms with Crippen LogP contribution in [0.4, 0.5) is 0 Å². The third kappa shape index (κ3) is 3.90. The van der Waals surface area contributed by atoms with Gasteiger partial charge in [-0.1, -0.05) is 0 Å². The highest BCUT2D eigenvalue weighted by molar-refractivity contribution is 5.88. The molecule has 0 radical (unpaired) electrons. The van der Waals surface area contributed by atoms with Crippen LogP contribution in [0.25, 0.3) is 0 Å². The van der Waals surface area contributed by atoms with Crippen molar-refractivity contribution in [1.82, 2.24) is 15.1 Å². The van der Waals surface area contributed by atoms with E-state index in [4.69, 9.17) is 5.11 Å². The first-order valence-electron chi connectivity index (χ1n) is 5.27. The minimum atomic E-state index is -1.04. The van der Waals surface area contributed by atoms with Gasteiger partial charge >= 0.3 is 5.97 Å². The lowest BCUT2D eigenvalue weighted by Gasteiger charge is -2.20. The minimum absolute atomic E-state index is 0.0192. The minimum Gasteiger partial charge on any atom is -0.478 e. The molecule has 1 aromatic rings. The SMILES string of the molecule is Cc1nn(CC(=O)NC(C)(C)C)cc1C(=O)O. The van der Waals surface area contributed by atoms with Gasteiger partial charge in [0.1, 0.15) is 12.1 Å². The molecule has 0 fully saturated rings. The van der Waals surface area contributed by atoms with E-state index >= 15 is 0 Å². The fourth-order valence-corrected chi connectivity index (χ4v) is 1.41. The predicted octanol–water partition coefficient (Wildman–Crippen LogP) is 0.804. The third-order valence-electron chi connectivity index (χ3n) is 2.00. The van der Waals surface area contributed by atoms with Crippen molar-refractivity contribution in [3.05, 3.63) is 17.5 Å². The molecule has 0 saturated carbocycles. The second-order valence-corrected chi connectivity index (χ2v) is 4.93. The number of carbonyl (C=O) groups is 2. The highest BCUT2D eigenvalue weighted by Gasteiger charge is 2.16. The van der Waals surface area contributed by atoms with Gasteiger partial charge < -0.3 is 10.4 Å². The number of carboxylic acids is 1. The molecule has 0 atom stereocenters. The first-order valence-corrected chi connectivity index (χ1v) is 5.27. The maximum absolute atomic E-state index is 11.6. The van der Waals surface area contributed by atoms with E-state index in [1.165, 1.54) is 10.9 Å². The molecule has 6 nitrogen and oxygen atoms in total. The average Bonchev–Trinajstić information content (AvgIpc) is 2.42. The van der Waals surface area contributed by atoms with E-state index in [0.29, 0.717) is 5.69 Å². The zero-order valence-electron chi connectivity index (χ0n) is 10.4. The van der Waals surface area contributed by atoms with Crippen LogP contribution in [0.3, 0.4) is 0 Å². The van der Waals surface area contributed by atoms with E-state index in [2.05, 4.69) is 10.4 Å². The normalized spacial score (nSPS) is 11.3. The van der Waals surface area contributed by atoms with E-state index in [1.54, 1.807) is 6.92 Å². The molecule has 0 spiro atoms. The maximum atomic E-state index is 11.6. The van der Waals surface area contributed by atoms with E-state index in [-0.39, 0.29) is 23.6 Å². The molecule has 2 N–H and O–H groups in total. The summed E-state index contributed by atoms with van der Waals surface area (Å²) in [6.45, 7) is 7.25. The summed E-state index contributed by atoms with van der Waals surface area (Å²) in [6, 6.07) is 0. The molecule has 94 valence electrons. The number of hydrogen-bond acceptors (Lipinski definition) is 3. The number of amides is 1. The zero-order valence-corrected chi connectivity index (χ0v) is 10.4. The zero-order chi connectivity index (χ0) is 13.2. The molecule has 0 aliphatic heterocycles. The second-order valence-electron chi connectivity index (χ2n) is 4.93. The Morgan fingerprint density at radius 1 is 1.47 bits per heavy atom. The van der Waals surface area contributed by atoms with Crippen LogP contribution in [0, 0.1) is 6.92 Å². The van der Waals surface area contributed by atoms with Gasteiger partial charge in [-0.25, -0.2) is 4.79 Å². The van der Waals surface area contributed by atoms with Crippen molar-refractivity contribution < 1.29 is 14.7 Å². The number of nitrogens with one attached hydrogen (secondary N) is 1. The monoisotopic (exact) mass is 239 g/mol. The number of aromatic carboxylic acids is 1. The van der Waals surface area contributed by atoms with Gasteiger partial charge in [0.2, 0.25) is 5.91 Å². The number of nitrogens with zero attached hydrogens (tertiary/aromatic N) is 2. The Kier molecular flexibility index (Phi) is 3.55. The molecule has 1 aromatic heterocycles. The van der Waals surface area contributed by atoms with Crippen LogP contribution in [-0.2, 0) is 11.3 Å². The van der Waals surface area contributed by atoms with Crippen LogP contribution in [0.2, 0.25) is 0 Å². The molecule has 0 aliphatic carbocycles. The first-order chi connectivity index (χ1) is 7.69. The molecule has 1 rings (SSSR count). The van der Waals surface area contributed by atoms with Crippen molar-refractivity contribution in [2.75, 3.05) is 0 Å². The molecule has 1 amide bonds. The van der Waals surface area contributed by atoms with Crippen molar-refractivity contribution in [3.63, 3.8) is 0 Å². The van der Waals surface area contributed by atoms with E-state index in [1.807, 2.05) is 20.8 Å². The largest absolute Gasteiger partial charge is 0.478 e. The number of hydrogen-bond donors (Lipinski definition) is 2. The quantitative estimate of drug-likeness (QED) is 0.817. The lowest BCUT2D eigenvalue weighted by atomic mass is 10.1. The summed E-state index contributed by atoms with van der Waals surface area (Å²) < 4.78 is 1.33. The van der Waals surface area contributed by atoms with Crippen LogP contribution in [0.1, 0.15) is 36.8 Å². The topological polar surface area (TPSA) is 84.2 Å². The number of carbonyl (C=O) groups excluding carboxylic acids is 1. The van der Waals surface area contributed by atoms with Crippen molar-refractivity contribution in [2.24, 2.45) is 0 Å². The Morgan fingerprint density at radius 2 is 2.06 bits per heavy atom. The lowest BCUT2D eigenvalue weighted by molar-refractivity contribution is -0.123. The fourth-order valence-electron chi connectivity index (χ4n) is 1.41. The van der Waals surface area contributed by atoms with E-state index in [9.17, 15) is 9.59 Å². The van der Waals surface area contributed by atoms with Gasteiger partial charge in [-0.3, -0.25) is 9.48 Å². The number of rotatable bonds is 3. The standard InChI is InChI=1S/C11H17N3O3/c1-7-8(10(16)17)5-14(13-7)6-9(15)12-11(2,3)4/h5H,6H2,1-4H3,(H,12,15)(H,16,17). The van der Waals surface area contributed by atoms with Crippen LogP contribution in [0.15, 0.2) is 6.20 Å².